The van der Waals surface area contributed by atoms with E-state index in [1.165, 1.54) is 11.8 Å². The third kappa shape index (κ3) is 7.54. The number of aliphatic carboxylic acids is 1. The van der Waals surface area contributed by atoms with Crippen LogP contribution in [0.4, 0.5) is 0 Å². The number of carbonyl (C=O) groups excluding carboxylic acids is 2. The minimum Gasteiger partial charge on any atom is -0.480 e. The Balaban J connectivity index is 2.04. The Morgan fingerprint density at radius 2 is 1.81 bits per heavy atom. The molecule has 9 nitrogen and oxygen atoms in total. The predicted octanol–water partition coefficient (Wildman–Crippen LogP) is 0.974. The van der Waals surface area contributed by atoms with Gasteiger partial charge in [-0.05, 0) is 62.3 Å². The molecule has 0 saturated heterocycles. The molecule has 0 spiro atoms. The Kier molecular flexibility index (Phi) is 10.5. The summed E-state index contributed by atoms with van der Waals surface area (Å²) < 4.78 is 0. The normalized spacial score (nSPS) is 14.0. The van der Waals surface area contributed by atoms with Gasteiger partial charge in [-0.2, -0.15) is 11.8 Å². The lowest BCUT2D eigenvalue weighted by Crippen LogP contribution is -2.54. The van der Waals surface area contributed by atoms with Crippen molar-refractivity contribution < 1.29 is 19.5 Å². The fraction of sp³-hybridized carbons (Fsp3) is 0.500. The van der Waals surface area contributed by atoms with Gasteiger partial charge in [-0.25, -0.2) is 4.79 Å². The van der Waals surface area contributed by atoms with Crippen LogP contribution in [-0.2, 0) is 20.8 Å². The molecule has 2 rings (SSSR count). The van der Waals surface area contributed by atoms with Crippen LogP contribution in [0.3, 0.4) is 0 Å². The summed E-state index contributed by atoms with van der Waals surface area (Å²) in [5.41, 5.74) is 13.6. The number of aromatic nitrogens is 1. The van der Waals surface area contributed by atoms with Crippen molar-refractivity contribution >= 4 is 40.4 Å². The SMILES string of the molecule is CSCCC(NC(=O)C(CCCCN)NC(=O)C(N)Cc1c[nH]c2ccccc12)C(=O)O. The van der Waals surface area contributed by atoms with Gasteiger partial charge in [0.2, 0.25) is 11.8 Å². The van der Waals surface area contributed by atoms with Crippen LogP contribution in [-0.4, -0.2) is 64.6 Å². The van der Waals surface area contributed by atoms with Gasteiger partial charge in [0.1, 0.15) is 12.1 Å². The van der Waals surface area contributed by atoms with Crippen molar-refractivity contribution in [1.29, 1.82) is 0 Å². The van der Waals surface area contributed by atoms with E-state index in [0.717, 1.165) is 16.5 Å². The Hall–Kier alpha value is -2.56. The zero-order chi connectivity index (χ0) is 23.5. The van der Waals surface area contributed by atoms with Crippen molar-refractivity contribution in [3.63, 3.8) is 0 Å². The molecule has 2 aromatic rings. The number of para-hydroxylation sites is 1. The minimum atomic E-state index is -1.10. The van der Waals surface area contributed by atoms with Gasteiger partial charge in [-0.1, -0.05) is 18.2 Å². The van der Waals surface area contributed by atoms with Gasteiger partial charge < -0.3 is 32.2 Å². The Bertz CT molecular complexity index is 903. The molecule has 0 aliphatic carbocycles. The topological polar surface area (TPSA) is 163 Å². The van der Waals surface area contributed by atoms with Gasteiger partial charge in [-0.3, -0.25) is 9.59 Å². The highest BCUT2D eigenvalue weighted by atomic mass is 32.2. The fourth-order valence-corrected chi connectivity index (χ4v) is 3.91. The molecule has 2 amide bonds. The van der Waals surface area contributed by atoms with E-state index in [1.807, 2.05) is 36.7 Å². The Labute approximate surface area is 192 Å². The molecule has 0 bridgehead atoms. The summed E-state index contributed by atoms with van der Waals surface area (Å²) in [6, 6.07) is 4.99. The second-order valence-electron chi connectivity index (χ2n) is 7.70. The van der Waals surface area contributed by atoms with E-state index in [4.69, 9.17) is 11.5 Å². The number of H-pyrrole nitrogens is 1. The average Bonchev–Trinajstić information content (AvgIpc) is 3.18. The molecule has 1 aromatic carbocycles. The first-order chi connectivity index (χ1) is 15.4. The van der Waals surface area contributed by atoms with E-state index in [1.54, 1.807) is 0 Å². The third-order valence-corrected chi connectivity index (χ3v) is 5.90. The van der Waals surface area contributed by atoms with Crippen molar-refractivity contribution in [3.05, 3.63) is 36.0 Å². The number of unbranched alkanes of at least 4 members (excludes halogenated alkanes) is 1. The first-order valence-corrected chi connectivity index (χ1v) is 12.1. The molecule has 176 valence electrons. The highest BCUT2D eigenvalue weighted by Gasteiger charge is 2.27. The molecule has 10 heteroatoms. The second kappa shape index (κ2) is 13.1. The summed E-state index contributed by atoms with van der Waals surface area (Å²) in [5.74, 6) is -1.49. The zero-order valence-electron chi connectivity index (χ0n) is 18.3. The van der Waals surface area contributed by atoms with Gasteiger partial charge in [0, 0.05) is 17.1 Å². The quantitative estimate of drug-likeness (QED) is 0.227. The number of fused-ring (bicyclic) bond motifs is 1. The van der Waals surface area contributed by atoms with Crippen LogP contribution in [0.1, 0.15) is 31.2 Å². The van der Waals surface area contributed by atoms with E-state index in [9.17, 15) is 19.5 Å². The number of amides is 2. The highest BCUT2D eigenvalue weighted by Crippen LogP contribution is 2.19. The minimum absolute atomic E-state index is 0.297. The van der Waals surface area contributed by atoms with Gasteiger partial charge in [0.05, 0.1) is 6.04 Å². The Morgan fingerprint density at radius 1 is 1.09 bits per heavy atom. The van der Waals surface area contributed by atoms with E-state index < -0.39 is 35.9 Å². The van der Waals surface area contributed by atoms with E-state index >= 15 is 0 Å². The first kappa shape index (κ1) is 25.7. The molecule has 8 N–H and O–H groups in total. The lowest BCUT2D eigenvalue weighted by molar-refractivity contribution is -0.142. The molecule has 1 aromatic heterocycles. The number of nitrogens with two attached hydrogens (primary N) is 2. The molecular formula is C22H33N5O4S. The number of carboxylic acid groups (broad SMARTS) is 1. The van der Waals surface area contributed by atoms with Gasteiger partial charge in [0.25, 0.3) is 0 Å². The average molecular weight is 464 g/mol. The summed E-state index contributed by atoms with van der Waals surface area (Å²) in [6.45, 7) is 0.466. The lowest BCUT2D eigenvalue weighted by atomic mass is 10.0. The highest BCUT2D eigenvalue weighted by molar-refractivity contribution is 7.98. The van der Waals surface area contributed by atoms with Crippen LogP contribution in [0.25, 0.3) is 10.9 Å². The molecule has 0 saturated carbocycles. The summed E-state index contributed by atoms with van der Waals surface area (Å²) in [4.78, 5) is 40.2. The maximum atomic E-state index is 12.8. The maximum Gasteiger partial charge on any atom is 0.326 e. The van der Waals surface area contributed by atoms with E-state index in [-0.39, 0.29) is 0 Å². The molecule has 0 aliphatic heterocycles. The third-order valence-electron chi connectivity index (χ3n) is 5.26. The van der Waals surface area contributed by atoms with E-state index in [2.05, 4.69) is 15.6 Å². The first-order valence-electron chi connectivity index (χ1n) is 10.7. The molecule has 3 atom stereocenters. The summed E-state index contributed by atoms with van der Waals surface area (Å²) >= 11 is 1.50. The number of rotatable bonds is 14. The van der Waals surface area contributed by atoms with Crippen molar-refractivity contribution in [3.8, 4) is 0 Å². The number of hydrogen-bond acceptors (Lipinski definition) is 6. The zero-order valence-corrected chi connectivity index (χ0v) is 19.1. The molecule has 0 radical (unpaired) electrons. The lowest BCUT2D eigenvalue weighted by Gasteiger charge is -2.23. The number of carbonyl (C=O) groups is 3. The number of carboxylic acids is 1. The molecule has 32 heavy (non-hydrogen) atoms. The summed E-state index contributed by atoms with van der Waals surface area (Å²) in [7, 11) is 0. The van der Waals surface area contributed by atoms with Crippen molar-refractivity contribution in [2.45, 2.75) is 50.2 Å². The van der Waals surface area contributed by atoms with Crippen LogP contribution in [0, 0.1) is 0 Å². The number of nitrogens with one attached hydrogen (secondary N) is 3. The van der Waals surface area contributed by atoms with Gasteiger partial charge >= 0.3 is 5.97 Å². The van der Waals surface area contributed by atoms with Crippen LogP contribution >= 0.6 is 11.8 Å². The van der Waals surface area contributed by atoms with Crippen molar-refractivity contribution in [1.82, 2.24) is 15.6 Å². The fourth-order valence-electron chi connectivity index (χ4n) is 3.44. The van der Waals surface area contributed by atoms with Crippen molar-refractivity contribution in [2.24, 2.45) is 11.5 Å². The predicted molar refractivity (Wildman–Crippen MR) is 127 cm³/mol. The molecular weight excluding hydrogens is 430 g/mol. The standard InChI is InChI=1S/C22H33N5O4S/c1-32-11-9-19(22(30)31)27-21(29)18(8-4-5-10-23)26-20(28)16(24)12-14-13-25-17-7-3-2-6-15(14)17/h2-3,6-7,13,16,18-19,25H,4-5,8-12,23-24H2,1H3,(H,26,28)(H,27,29)(H,30,31). The summed E-state index contributed by atoms with van der Waals surface area (Å²) in [6.07, 6.45) is 5.96. The summed E-state index contributed by atoms with van der Waals surface area (Å²) in [5, 5.41) is 15.6. The maximum absolute atomic E-state index is 12.8. The van der Waals surface area contributed by atoms with E-state index in [0.29, 0.717) is 44.4 Å². The monoisotopic (exact) mass is 463 g/mol. The van der Waals surface area contributed by atoms with Crippen molar-refractivity contribution in [2.75, 3.05) is 18.6 Å². The number of aromatic amines is 1. The van der Waals surface area contributed by atoms with Gasteiger partial charge in [0.15, 0.2) is 0 Å². The smallest absolute Gasteiger partial charge is 0.326 e. The number of benzene rings is 1. The van der Waals surface area contributed by atoms with Crippen LogP contribution < -0.4 is 22.1 Å². The molecule has 1 heterocycles. The van der Waals surface area contributed by atoms with Gasteiger partial charge in [-0.15, -0.1) is 0 Å². The van der Waals surface area contributed by atoms with Crippen LogP contribution in [0.2, 0.25) is 0 Å². The number of hydrogen-bond donors (Lipinski definition) is 6. The Morgan fingerprint density at radius 3 is 2.50 bits per heavy atom. The number of thioether (sulfide) groups is 1. The molecule has 0 aliphatic rings. The molecule has 0 fully saturated rings. The molecule has 3 unspecified atom stereocenters. The second-order valence-corrected chi connectivity index (χ2v) is 8.68. The van der Waals surface area contributed by atoms with Crippen LogP contribution in [0.5, 0.6) is 0 Å². The van der Waals surface area contributed by atoms with Crippen LogP contribution in [0.15, 0.2) is 30.5 Å². The largest absolute Gasteiger partial charge is 0.480 e.